The van der Waals surface area contributed by atoms with E-state index in [-0.39, 0.29) is 11.5 Å². The van der Waals surface area contributed by atoms with Crippen molar-refractivity contribution in [2.45, 2.75) is 31.8 Å². The van der Waals surface area contributed by atoms with Gasteiger partial charge in [0.25, 0.3) is 5.91 Å². The summed E-state index contributed by atoms with van der Waals surface area (Å²) in [6.07, 6.45) is 4.98. The highest BCUT2D eigenvalue weighted by Gasteiger charge is 2.37. The number of benzene rings is 1. The number of hydrogen-bond donors (Lipinski definition) is 1. The third kappa shape index (κ3) is 2.53. The van der Waals surface area contributed by atoms with Crippen molar-refractivity contribution in [2.75, 3.05) is 19.7 Å². The number of para-hydroxylation sites is 1. The van der Waals surface area contributed by atoms with E-state index >= 15 is 0 Å². The molecular weight excluding hydrogens is 292 g/mol. The number of carbonyl (C=O) groups is 1. The molecule has 0 unspecified atom stereocenters. The highest BCUT2D eigenvalue weighted by atomic mass is 16.5. The third-order valence-electron chi connectivity index (χ3n) is 4.87. The van der Waals surface area contributed by atoms with Crippen LogP contribution in [0.2, 0.25) is 0 Å². The second kappa shape index (κ2) is 5.45. The Morgan fingerprint density at radius 3 is 2.91 bits per heavy atom. The van der Waals surface area contributed by atoms with Crippen molar-refractivity contribution in [1.29, 1.82) is 0 Å². The van der Waals surface area contributed by atoms with E-state index in [0.29, 0.717) is 24.2 Å². The maximum absolute atomic E-state index is 12.8. The third-order valence-corrected chi connectivity index (χ3v) is 4.87. The summed E-state index contributed by atoms with van der Waals surface area (Å²) in [6, 6.07) is 5.52. The van der Waals surface area contributed by atoms with Crippen LogP contribution < -0.4 is 0 Å². The number of amides is 1. The van der Waals surface area contributed by atoms with E-state index in [1.54, 1.807) is 0 Å². The van der Waals surface area contributed by atoms with Crippen molar-refractivity contribution in [3.8, 4) is 0 Å². The number of ether oxygens (including phenoxy) is 1. The molecule has 0 saturated carbocycles. The zero-order valence-corrected chi connectivity index (χ0v) is 13.2. The molecule has 1 spiro atoms. The van der Waals surface area contributed by atoms with Gasteiger partial charge in [0.15, 0.2) is 0 Å². The monoisotopic (exact) mass is 312 g/mol. The normalized spacial score (nSPS) is 20.7. The minimum atomic E-state index is -0.168. The number of aromatic nitrogens is 3. The molecule has 1 aromatic heterocycles. The molecule has 6 nitrogen and oxygen atoms in total. The van der Waals surface area contributed by atoms with Crippen LogP contribution in [0.15, 0.2) is 29.8 Å². The van der Waals surface area contributed by atoms with Gasteiger partial charge in [-0.25, -0.2) is 0 Å². The smallest absolute Gasteiger partial charge is 0.256 e. The van der Waals surface area contributed by atoms with Crippen LogP contribution in [-0.2, 0) is 4.74 Å². The lowest BCUT2D eigenvalue weighted by Gasteiger charge is -2.42. The molecule has 2 aliphatic heterocycles. The average Bonchev–Trinajstić information content (AvgIpc) is 3.03. The molecule has 1 N–H and O–H groups in total. The van der Waals surface area contributed by atoms with Crippen molar-refractivity contribution >= 4 is 16.9 Å². The van der Waals surface area contributed by atoms with Gasteiger partial charge in [-0.1, -0.05) is 17.7 Å². The standard InChI is InChI=1S/C17H20N4O2/c1-12-5-10-23-17(11-12)6-8-21(9-7-17)16(22)13-3-2-4-14-15(13)19-20-18-14/h2-4,11H,5-10H2,1H3,(H,18,19,20). The number of fused-ring (bicyclic) bond motifs is 1. The van der Waals surface area contributed by atoms with Crippen LogP contribution in [0.5, 0.6) is 0 Å². The van der Waals surface area contributed by atoms with E-state index in [2.05, 4.69) is 28.4 Å². The molecule has 6 heteroatoms. The Morgan fingerprint density at radius 2 is 2.13 bits per heavy atom. The molecule has 1 amide bonds. The van der Waals surface area contributed by atoms with Crippen molar-refractivity contribution in [2.24, 2.45) is 0 Å². The summed E-state index contributed by atoms with van der Waals surface area (Å²) >= 11 is 0. The summed E-state index contributed by atoms with van der Waals surface area (Å²) in [5, 5.41) is 10.7. The van der Waals surface area contributed by atoms with Gasteiger partial charge < -0.3 is 9.64 Å². The lowest BCUT2D eigenvalue weighted by Crippen LogP contribution is -2.48. The number of aromatic amines is 1. The zero-order valence-electron chi connectivity index (χ0n) is 13.2. The molecule has 4 rings (SSSR count). The van der Waals surface area contributed by atoms with E-state index in [9.17, 15) is 4.79 Å². The second-order valence-electron chi connectivity index (χ2n) is 6.44. The van der Waals surface area contributed by atoms with Gasteiger partial charge in [0.2, 0.25) is 0 Å². The van der Waals surface area contributed by atoms with Crippen LogP contribution >= 0.6 is 0 Å². The molecule has 0 radical (unpaired) electrons. The van der Waals surface area contributed by atoms with Crippen molar-refractivity contribution in [3.05, 3.63) is 35.4 Å². The summed E-state index contributed by atoms with van der Waals surface area (Å²) in [4.78, 5) is 14.7. The fourth-order valence-electron chi connectivity index (χ4n) is 3.57. The average molecular weight is 312 g/mol. The Hall–Kier alpha value is -2.21. The highest BCUT2D eigenvalue weighted by molar-refractivity contribution is 6.04. The van der Waals surface area contributed by atoms with Crippen LogP contribution in [0.25, 0.3) is 11.0 Å². The summed E-state index contributed by atoms with van der Waals surface area (Å²) in [6.45, 7) is 4.36. The van der Waals surface area contributed by atoms with Crippen LogP contribution in [0.3, 0.4) is 0 Å². The Labute approximate surface area is 134 Å². The fraction of sp³-hybridized carbons (Fsp3) is 0.471. The predicted octanol–water partition coefficient (Wildman–Crippen LogP) is 2.30. The lowest BCUT2D eigenvalue weighted by atomic mass is 9.87. The maximum atomic E-state index is 12.8. The summed E-state index contributed by atoms with van der Waals surface area (Å²) in [5.41, 5.74) is 3.20. The van der Waals surface area contributed by atoms with Crippen LogP contribution in [0, 0.1) is 0 Å². The van der Waals surface area contributed by atoms with Gasteiger partial charge in [-0.3, -0.25) is 4.79 Å². The van der Waals surface area contributed by atoms with Gasteiger partial charge in [0.1, 0.15) is 11.0 Å². The number of likely N-dealkylation sites (tertiary alicyclic amines) is 1. The number of carbonyl (C=O) groups excluding carboxylic acids is 1. The fourth-order valence-corrected chi connectivity index (χ4v) is 3.57. The lowest BCUT2D eigenvalue weighted by molar-refractivity contribution is -0.0522. The van der Waals surface area contributed by atoms with Crippen LogP contribution in [0.4, 0.5) is 0 Å². The largest absolute Gasteiger partial charge is 0.370 e. The van der Waals surface area contributed by atoms with Gasteiger partial charge in [-0.2, -0.15) is 15.4 Å². The molecule has 3 heterocycles. The molecule has 1 aromatic carbocycles. The van der Waals surface area contributed by atoms with Gasteiger partial charge in [-0.15, -0.1) is 0 Å². The maximum Gasteiger partial charge on any atom is 0.256 e. The number of hydrogen-bond acceptors (Lipinski definition) is 4. The van der Waals surface area contributed by atoms with Crippen molar-refractivity contribution in [3.63, 3.8) is 0 Å². The Balaban J connectivity index is 1.53. The summed E-state index contributed by atoms with van der Waals surface area (Å²) < 4.78 is 6.03. The zero-order chi connectivity index (χ0) is 15.9. The number of rotatable bonds is 1. The number of piperidine rings is 1. The predicted molar refractivity (Wildman–Crippen MR) is 86.1 cm³/mol. The first kappa shape index (κ1) is 14.4. The molecular formula is C17H20N4O2. The highest BCUT2D eigenvalue weighted by Crippen LogP contribution is 2.33. The molecule has 1 fully saturated rings. The topological polar surface area (TPSA) is 71.1 Å². The molecule has 0 aliphatic carbocycles. The molecule has 2 aliphatic rings. The van der Waals surface area contributed by atoms with Crippen molar-refractivity contribution < 1.29 is 9.53 Å². The minimum Gasteiger partial charge on any atom is -0.370 e. The van der Waals surface area contributed by atoms with Crippen LogP contribution in [0.1, 0.15) is 36.5 Å². The second-order valence-corrected chi connectivity index (χ2v) is 6.44. The quantitative estimate of drug-likeness (QED) is 0.820. The first-order valence-corrected chi connectivity index (χ1v) is 8.08. The Kier molecular flexibility index (Phi) is 3.41. The molecule has 0 atom stereocenters. The van der Waals surface area contributed by atoms with E-state index in [0.717, 1.165) is 31.4 Å². The van der Waals surface area contributed by atoms with Gasteiger partial charge in [0.05, 0.1) is 17.8 Å². The van der Waals surface area contributed by atoms with Crippen LogP contribution in [-0.4, -0.2) is 51.5 Å². The SMILES string of the molecule is CC1=CC2(CCN(C(=O)c3cccc4n[nH]nc34)CC2)OCC1. The van der Waals surface area contributed by atoms with Crippen molar-refractivity contribution in [1.82, 2.24) is 20.3 Å². The molecule has 1 saturated heterocycles. The van der Waals surface area contributed by atoms with Gasteiger partial charge in [-0.05, 0) is 38.3 Å². The molecule has 120 valence electrons. The Morgan fingerprint density at radius 1 is 1.30 bits per heavy atom. The number of nitrogens with zero attached hydrogens (tertiary/aromatic N) is 3. The van der Waals surface area contributed by atoms with E-state index in [1.165, 1.54) is 5.57 Å². The van der Waals surface area contributed by atoms with E-state index in [4.69, 9.17) is 4.74 Å². The van der Waals surface area contributed by atoms with Gasteiger partial charge >= 0.3 is 0 Å². The first-order valence-electron chi connectivity index (χ1n) is 8.08. The number of nitrogens with one attached hydrogen (secondary N) is 1. The molecule has 0 bridgehead atoms. The summed E-state index contributed by atoms with van der Waals surface area (Å²) in [5.74, 6) is 0.0239. The number of H-pyrrole nitrogens is 1. The van der Waals surface area contributed by atoms with E-state index in [1.807, 2.05) is 23.1 Å². The van der Waals surface area contributed by atoms with E-state index < -0.39 is 0 Å². The minimum absolute atomic E-state index is 0.0239. The molecule has 2 aromatic rings. The molecule has 23 heavy (non-hydrogen) atoms. The first-order chi connectivity index (χ1) is 11.2. The summed E-state index contributed by atoms with van der Waals surface area (Å²) in [7, 11) is 0. The van der Waals surface area contributed by atoms with Gasteiger partial charge in [0, 0.05) is 13.1 Å². The Bertz CT molecular complexity index is 772.